The zero-order valence-electron chi connectivity index (χ0n) is 4.78. The highest BCUT2D eigenvalue weighted by Gasteiger charge is 1.83. The highest BCUT2D eigenvalue weighted by atomic mass is 15.3. The zero-order chi connectivity index (χ0) is 5.82. The first kappa shape index (κ1) is 5.28. The molecule has 1 aromatic heterocycles. The molecule has 0 aromatic carbocycles. The summed E-state index contributed by atoms with van der Waals surface area (Å²) in [6.07, 6.45) is 5.25. The minimum Gasteiger partial charge on any atom is -0.253 e. The normalized spacial score (nSPS) is 9.62. The lowest BCUT2D eigenvalue weighted by Gasteiger charge is -1.90. The highest BCUT2D eigenvalue weighted by molar-refractivity contribution is 4.61. The molecule has 0 saturated carbocycles. The van der Waals surface area contributed by atoms with Gasteiger partial charge in [0.2, 0.25) is 0 Å². The van der Waals surface area contributed by atoms with Crippen LogP contribution in [0.3, 0.4) is 0 Å². The van der Waals surface area contributed by atoms with Gasteiger partial charge in [0, 0.05) is 6.54 Å². The number of hydrogen-bond acceptors (Lipinski definition) is 2. The smallest absolute Gasteiger partial charge is 0.137 e. The standard InChI is InChI=1S/C5H8N3/c1-2-3-8-5-6-4-7-8/h2,4-5H,3H2,1H3. The first-order valence-electron chi connectivity index (χ1n) is 2.53. The van der Waals surface area contributed by atoms with Gasteiger partial charge in [-0.05, 0) is 6.42 Å². The molecule has 3 heteroatoms. The van der Waals surface area contributed by atoms with Crippen LogP contribution in [0.2, 0.25) is 0 Å². The molecule has 0 aliphatic rings. The van der Waals surface area contributed by atoms with Gasteiger partial charge in [-0.2, -0.15) is 5.10 Å². The monoisotopic (exact) mass is 110 g/mol. The van der Waals surface area contributed by atoms with E-state index in [4.69, 9.17) is 0 Å². The van der Waals surface area contributed by atoms with Crippen molar-refractivity contribution in [2.45, 2.75) is 13.5 Å². The molecule has 0 bridgehead atoms. The number of aromatic nitrogens is 3. The lowest BCUT2D eigenvalue weighted by molar-refractivity contribution is 0.671. The molecule has 0 unspecified atom stereocenters. The average Bonchev–Trinajstić information content (AvgIpc) is 2.19. The minimum absolute atomic E-state index is 0.847. The van der Waals surface area contributed by atoms with Gasteiger partial charge in [-0.3, -0.25) is 4.68 Å². The third kappa shape index (κ3) is 1.05. The SMILES string of the molecule is C[CH]Cn1cncn1. The van der Waals surface area contributed by atoms with Gasteiger partial charge in [-0.1, -0.05) is 6.92 Å². The largest absolute Gasteiger partial charge is 0.253 e. The number of rotatable bonds is 2. The maximum atomic E-state index is 3.88. The van der Waals surface area contributed by atoms with Crippen LogP contribution in [0.25, 0.3) is 0 Å². The fourth-order valence-electron chi connectivity index (χ4n) is 0.514. The second-order valence-corrected chi connectivity index (χ2v) is 1.53. The zero-order valence-corrected chi connectivity index (χ0v) is 4.78. The molecule has 0 aliphatic heterocycles. The summed E-state index contributed by atoms with van der Waals surface area (Å²) in [5, 5.41) is 3.88. The van der Waals surface area contributed by atoms with Crippen LogP contribution in [0.15, 0.2) is 12.7 Å². The summed E-state index contributed by atoms with van der Waals surface area (Å²) in [6, 6.07) is 0. The number of nitrogens with zero attached hydrogens (tertiary/aromatic N) is 3. The second kappa shape index (κ2) is 2.45. The Morgan fingerprint density at radius 1 is 1.75 bits per heavy atom. The van der Waals surface area contributed by atoms with Crippen molar-refractivity contribution >= 4 is 0 Å². The molecular weight excluding hydrogens is 102 g/mol. The molecule has 0 fully saturated rings. The van der Waals surface area contributed by atoms with Crippen LogP contribution >= 0.6 is 0 Å². The maximum Gasteiger partial charge on any atom is 0.137 e. The van der Waals surface area contributed by atoms with Crippen molar-refractivity contribution in [1.82, 2.24) is 14.8 Å². The summed E-state index contributed by atoms with van der Waals surface area (Å²) >= 11 is 0. The molecule has 43 valence electrons. The van der Waals surface area contributed by atoms with Crippen molar-refractivity contribution < 1.29 is 0 Å². The molecule has 1 aromatic rings. The van der Waals surface area contributed by atoms with Crippen LogP contribution in [0, 0.1) is 6.42 Å². The van der Waals surface area contributed by atoms with Gasteiger partial charge in [0.05, 0.1) is 0 Å². The Morgan fingerprint density at radius 2 is 2.62 bits per heavy atom. The lowest BCUT2D eigenvalue weighted by atomic mass is 10.5. The van der Waals surface area contributed by atoms with Crippen molar-refractivity contribution in [2.75, 3.05) is 0 Å². The van der Waals surface area contributed by atoms with E-state index < -0.39 is 0 Å². The van der Waals surface area contributed by atoms with E-state index >= 15 is 0 Å². The van der Waals surface area contributed by atoms with Gasteiger partial charge in [-0.25, -0.2) is 4.98 Å². The van der Waals surface area contributed by atoms with Crippen molar-refractivity contribution in [2.24, 2.45) is 0 Å². The Morgan fingerprint density at radius 3 is 3.12 bits per heavy atom. The van der Waals surface area contributed by atoms with Gasteiger partial charge in [0.15, 0.2) is 0 Å². The van der Waals surface area contributed by atoms with Gasteiger partial charge in [0.25, 0.3) is 0 Å². The molecule has 0 spiro atoms. The average molecular weight is 110 g/mol. The minimum atomic E-state index is 0.847. The van der Waals surface area contributed by atoms with Crippen molar-refractivity contribution in [3.63, 3.8) is 0 Å². The summed E-state index contributed by atoms with van der Waals surface area (Å²) in [4.78, 5) is 3.77. The van der Waals surface area contributed by atoms with Crippen molar-refractivity contribution in [3.05, 3.63) is 19.1 Å². The van der Waals surface area contributed by atoms with E-state index in [0.717, 1.165) is 6.54 Å². The van der Waals surface area contributed by atoms with Crippen LogP contribution < -0.4 is 0 Å². The Kier molecular flexibility index (Phi) is 1.62. The third-order valence-corrected chi connectivity index (χ3v) is 0.836. The van der Waals surface area contributed by atoms with Crippen LogP contribution in [0.5, 0.6) is 0 Å². The topological polar surface area (TPSA) is 30.7 Å². The maximum absolute atomic E-state index is 3.88. The summed E-state index contributed by atoms with van der Waals surface area (Å²) in [5.74, 6) is 0. The van der Waals surface area contributed by atoms with E-state index in [1.807, 2.05) is 13.3 Å². The molecule has 0 saturated heterocycles. The summed E-state index contributed by atoms with van der Waals surface area (Å²) < 4.78 is 1.76. The van der Waals surface area contributed by atoms with E-state index in [1.165, 1.54) is 6.33 Å². The van der Waals surface area contributed by atoms with E-state index in [-0.39, 0.29) is 0 Å². The Bertz CT molecular complexity index is 133. The fraction of sp³-hybridized carbons (Fsp3) is 0.400. The van der Waals surface area contributed by atoms with Gasteiger partial charge in [0.1, 0.15) is 12.7 Å². The lowest BCUT2D eigenvalue weighted by Crippen LogP contribution is -1.95. The molecule has 0 N–H and O–H groups in total. The first-order valence-corrected chi connectivity index (χ1v) is 2.53. The predicted molar refractivity (Wildman–Crippen MR) is 30.0 cm³/mol. The molecule has 1 rings (SSSR count). The van der Waals surface area contributed by atoms with Crippen molar-refractivity contribution in [3.8, 4) is 0 Å². The molecule has 1 radical (unpaired) electrons. The number of hydrogen-bond donors (Lipinski definition) is 0. The van der Waals surface area contributed by atoms with E-state index in [2.05, 4.69) is 10.1 Å². The van der Waals surface area contributed by atoms with Crippen LogP contribution in [0.1, 0.15) is 6.92 Å². The van der Waals surface area contributed by atoms with Gasteiger partial charge < -0.3 is 0 Å². The molecule has 1 heterocycles. The van der Waals surface area contributed by atoms with E-state index in [0.29, 0.717) is 0 Å². The predicted octanol–water partition coefficient (Wildman–Crippen LogP) is 0.502. The van der Waals surface area contributed by atoms with E-state index in [9.17, 15) is 0 Å². The highest BCUT2D eigenvalue weighted by Crippen LogP contribution is 1.81. The second-order valence-electron chi connectivity index (χ2n) is 1.53. The summed E-state index contributed by atoms with van der Waals surface area (Å²) in [7, 11) is 0. The molecule has 8 heavy (non-hydrogen) atoms. The Hall–Kier alpha value is -0.860. The molecular formula is C5H8N3. The van der Waals surface area contributed by atoms with Gasteiger partial charge >= 0.3 is 0 Å². The Labute approximate surface area is 48.4 Å². The summed E-state index contributed by atoms with van der Waals surface area (Å²) in [5.41, 5.74) is 0. The third-order valence-electron chi connectivity index (χ3n) is 0.836. The van der Waals surface area contributed by atoms with Crippen molar-refractivity contribution in [1.29, 1.82) is 0 Å². The van der Waals surface area contributed by atoms with E-state index in [1.54, 1.807) is 11.0 Å². The van der Waals surface area contributed by atoms with Crippen LogP contribution in [-0.2, 0) is 6.54 Å². The quantitative estimate of drug-likeness (QED) is 0.555. The van der Waals surface area contributed by atoms with Crippen LogP contribution in [0.4, 0.5) is 0 Å². The fourth-order valence-corrected chi connectivity index (χ4v) is 0.514. The molecule has 0 aliphatic carbocycles. The Balaban J connectivity index is 2.50. The molecule has 0 atom stereocenters. The van der Waals surface area contributed by atoms with Gasteiger partial charge in [-0.15, -0.1) is 0 Å². The first-order chi connectivity index (χ1) is 3.93. The molecule has 0 amide bonds. The summed E-state index contributed by atoms with van der Waals surface area (Å²) in [6.45, 7) is 2.84. The van der Waals surface area contributed by atoms with Crippen LogP contribution in [-0.4, -0.2) is 14.8 Å². The molecule has 3 nitrogen and oxygen atoms in total.